The van der Waals surface area contributed by atoms with Crippen LogP contribution in [-0.2, 0) is 16.0 Å². The summed E-state index contributed by atoms with van der Waals surface area (Å²) < 4.78 is 16.8. The number of hydrogen-bond donors (Lipinski definition) is 1. The van der Waals surface area contributed by atoms with Crippen LogP contribution in [0.4, 0.5) is 0 Å². The van der Waals surface area contributed by atoms with E-state index < -0.39 is 0 Å². The highest BCUT2D eigenvalue weighted by Gasteiger charge is 2.30. The molecule has 0 saturated heterocycles. The monoisotopic (exact) mass is 431 g/mol. The molecular formula is C23H29NO5S. The molecule has 162 valence electrons. The van der Waals surface area contributed by atoms with Crippen molar-refractivity contribution >= 4 is 29.0 Å². The van der Waals surface area contributed by atoms with Crippen LogP contribution in [0.5, 0.6) is 17.2 Å². The fourth-order valence-electron chi connectivity index (χ4n) is 3.60. The van der Waals surface area contributed by atoms with Crippen LogP contribution in [0.15, 0.2) is 35.3 Å². The van der Waals surface area contributed by atoms with Gasteiger partial charge in [0.15, 0.2) is 17.3 Å². The van der Waals surface area contributed by atoms with Crippen molar-refractivity contribution < 1.29 is 23.8 Å². The molecule has 1 unspecified atom stereocenters. The first-order valence-electron chi connectivity index (χ1n) is 9.54. The van der Waals surface area contributed by atoms with Crippen molar-refractivity contribution in [2.24, 2.45) is 0 Å². The van der Waals surface area contributed by atoms with Crippen molar-refractivity contribution in [1.82, 2.24) is 5.32 Å². The summed E-state index contributed by atoms with van der Waals surface area (Å²) >= 11 is 1.38. The molecule has 1 aromatic rings. The number of benzene rings is 1. The summed E-state index contributed by atoms with van der Waals surface area (Å²) in [5, 5.41) is 2.98. The standard InChI is InChI=1S/C23H29NO5S/c1-13-17(9-11-20(30-7)14(2)25)21-16(8-10-18(13)24-15(3)26)12-19(27-4)22(28-5)23(21)29-6/h9,11-12,18H,1,8,10H2,2-7H3,(H,24,26). The number of Topliss-reactive ketones (excluding diaryl/α,β-unsaturated/α-hetero) is 1. The van der Waals surface area contributed by atoms with Gasteiger partial charge < -0.3 is 19.5 Å². The molecule has 1 amide bonds. The molecule has 0 fully saturated rings. The molecule has 1 N–H and O–H groups in total. The number of nitrogens with one attached hydrogen (secondary N) is 1. The summed E-state index contributed by atoms with van der Waals surface area (Å²) in [7, 11) is 4.71. The second-order valence-corrected chi connectivity index (χ2v) is 7.72. The molecule has 1 aliphatic carbocycles. The molecule has 1 atom stereocenters. The molecule has 0 heterocycles. The number of rotatable bonds is 7. The van der Waals surface area contributed by atoms with E-state index in [1.165, 1.54) is 25.6 Å². The van der Waals surface area contributed by atoms with Crippen LogP contribution < -0.4 is 19.5 Å². The van der Waals surface area contributed by atoms with Gasteiger partial charge in [0.1, 0.15) is 0 Å². The molecule has 0 spiro atoms. The largest absolute Gasteiger partial charge is 0.493 e. The molecule has 2 rings (SSSR count). The van der Waals surface area contributed by atoms with Crippen LogP contribution in [0.1, 0.15) is 31.4 Å². The lowest BCUT2D eigenvalue weighted by atomic mass is 9.92. The number of aryl methyl sites for hydroxylation is 1. The predicted molar refractivity (Wildman–Crippen MR) is 121 cm³/mol. The summed E-state index contributed by atoms with van der Waals surface area (Å²) in [6.07, 6.45) is 6.86. The van der Waals surface area contributed by atoms with E-state index in [9.17, 15) is 9.59 Å². The Bertz CT molecular complexity index is 917. The Hall–Kier alpha value is -2.67. The molecule has 1 aliphatic rings. The average molecular weight is 432 g/mol. The smallest absolute Gasteiger partial charge is 0.217 e. The Kier molecular flexibility index (Phi) is 8.17. The zero-order valence-corrected chi connectivity index (χ0v) is 19.2. The Labute approximate surface area is 182 Å². The summed E-state index contributed by atoms with van der Waals surface area (Å²) in [6, 6.07) is 1.68. The van der Waals surface area contributed by atoms with Crippen molar-refractivity contribution in [2.75, 3.05) is 27.6 Å². The minimum atomic E-state index is -0.244. The van der Waals surface area contributed by atoms with Gasteiger partial charge in [-0.25, -0.2) is 0 Å². The molecule has 30 heavy (non-hydrogen) atoms. The van der Waals surface area contributed by atoms with Gasteiger partial charge in [-0.15, -0.1) is 11.8 Å². The fraction of sp³-hybridized carbons (Fsp3) is 0.391. The van der Waals surface area contributed by atoms with E-state index in [1.54, 1.807) is 27.4 Å². The number of carbonyl (C=O) groups excluding carboxylic acids is 2. The molecule has 0 radical (unpaired) electrons. The number of ketones is 1. The third kappa shape index (κ3) is 4.90. The summed E-state index contributed by atoms with van der Waals surface area (Å²) in [5.41, 5.74) is 3.35. The quantitative estimate of drug-likeness (QED) is 0.521. The first kappa shape index (κ1) is 23.6. The van der Waals surface area contributed by atoms with E-state index >= 15 is 0 Å². The lowest BCUT2D eigenvalue weighted by Crippen LogP contribution is -2.34. The van der Waals surface area contributed by atoms with Crippen molar-refractivity contribution in [2.45, 2.75) is 32.7 Å². The minimum absolute atomic E-state index is 0.0171. The molecule has 1 aromatic carbocycles. The number of hydrogen-bond acceptors (Lipinski definition) is 6. The highest BCUT2D eigenvalue weighted by Crippen LogP contribution is 2.48. The van der Waals surface area contributed by atoms with Crippen LogP contribution in [0.25, 0.3) is 5.57 Å². The van der Waals surface area contributed by atoms with Crippen LogP contribution in [0, 0.1) is 0 Å². The van der Waals surface area contributed by atoms with E-state index in [1.807, 2.05) is 18.4 Å². The predicted octanol–water partition coefficient (Wildman–Crippen LogP) is 3.94. The van der Waals surface area contributed by atoms with E-state index in [4.69, 9.17) is 14.2 Å². The molecule has 7 heteroatoms. The SMILES string of the molecule is C=C1C(=CC=C(SC)C(C)=O)c2c(cc(OC)c(OC)c2OC)CCC1NC(C)=O. The number of amides is 1. The maximum Gasteiger partial charge on any atom is 0.217 e. The maximum atomic E-state index is 11.9. The average Bonchev–Trinajstić information content (AvgIpc) is 2.83. The number of methoxy groups -OCH3 is 3. The number of ether oxygens (including phenoxy) is 3. The van der Waals surface area contributed by atoms with Crippen LogP contribution >= 0.6 is 11.8 Å². The van der Waals surface area contributed by atoms with Crippen LogP contribution in [-0.4, -0.2) is 45.3 Å². The highest BCUT2D eigenvalue weighted by molar-refractivity contribution is 8.03. The Morgan fingerprint density at radius 1 is 1.17 bits per heavy atom. The fourth-order valence-corrected chi connectivity index (χ4v) is 4.10. The molecule has 6 nitrogen and oxygen atoms in total. The van der Waals surface area contributed by atoms with E-state index in [0.29, 0.717) is 35.0 Å². The van der Waals surface area contributed by atoms with E-state index in [-0.39, 0.29) is 17.7 Å². The highest BCUT2D eigenvalue weighted by atomic mass is 32.2. The van der Waals surface area contributed by atoms with Gasteiger partial charge >= 0.3 is 0 Å². The molecule has 0 bridgehead atoms. The van der Waals surface area contributed by atoms with Crippen molar-refractivity contribution in [3.8, 4) is 17.2 Å². The number of carbonyl (C=O) groups is 2. The lowest BCUT2D eigenvalue weighted by Gasteiger charge is -2.22. The van der Waals surface area contributed by atoms with Gasteiger partial charge in [0.2, 0.25) is 11.7 Å². The zero-order chi connectivity index (χ0) is 22.4. The Balaban J connectivity index is 2.81. The van der Waals surface area contributed by atoms with Gasteiger partial charge in [-0.1, -0.05) is 12.7 Å². The van der Waals surface area contributed by atoms with Gasteiger partial charge in [0, 0.05) is 17.4 Å². The lowest BCUT2D eigenvalue weighted by molar-refractivity contribution is -0.119. The van der Waals surface area contributed by atoms with Crippen molar-refractivity contribution in [1.29, 1.82) is 0 Å². The minimum Gasteiger partial charge on any atom is -0.493 e. The van der Waals surface area contributed by atoms with Crippen LogP contribution in [0.3, 0.4) is 0 Å². The second kappa shape index (κ2) is 10.4. The number of fused-ring (bicyclic) bond motifs is 1. The summed E-state index contributed by atoms with van der Waals surface area (Å²) in [4.78, 5) is 24.3. The van der Waals surface area contributed by atoms with Gasteiger partial charge in [-0.05, 0) is 54.9 Å². The first-order valence-corrected chi connectivity index (χ1v) is 10.8. The Morgan fingerprint density at radius 3 is 2.33 bits per heavy atom. The number of thioether (sulfide) groups is 1. The number of allylic oxidation sites excluding steroid dienone is 3. The van der Waals surface area contributed by atoms with Gasteiger partial charge in [0.05, 0.1) is 27.4 Å². The maximum absolute atomic E-state index is 11.9. The topological polar surface area (TPSA) is 73.9 Å². The molecular weight excluding hydrogens is 402 g/mol. The van der Waals surface area contributed by atoms with Crippen molar-refractivity contribution in [3.63, 3.8) is 0 Å². The van der Waals surface area contributed by atoms with Crippen LogP contribution in [0.2, 0.25) is 0 Å². The molecule has 0 saturated carbocycles. The first-order chi connectivity index (χ1) is 14.3. The summed E-state index contributed by atoms with van der Waals surface area (Å²) in [5.74, 6) is 1.44. The van der Waals surface area contributed by atoms with E-state index in [0.717, 1.165) is 22.3 Å². The van der Waals surface area contributed by atoms with Crippen molar-refractivity contribution in [3.05, 3.63) is 46.4 Å². The second-order valence-electron chi connectivity index (χ2n) is 6.87. The van der Waals surface area contributed by atoms with Gasteiger partial charge in [-0.2, -0.15) is 0 Å². The third-order valence-corrected chi connectivity index (χ3v) is 5.86. The molecule has 0 aromatic heterocycles. The van der Waals surface area contributed by atoms with Gasteiger partial charge in [0.25, 0.3) is 0 Å². The normalized spacial score (nSPS) is 17.8. The Morgan fingerprint density at radius 2 is 1.83 bits per heavy atom. The molecule has 0 aliphatic heterocycles. The van der Waals surface area contributed by atoms with Gasteiger partial charge in [-0.3, -0.25) is 9.59 Å². The van der Waals surface area contributed by atoms with E-state index in [2.05, 4.69) is 11.9 Å². The third-order valence-electron chi connectivity index (χ3n) is 5.00. The summed E-state index contributed by atoms with van der Waals surface area (Å²) in [6.45, 7) is 7.30. The zero-order valence-electron chi connectivity index (χ0n) is 18.4.